The van der Waals surface area contributed by atoms with Crippen molar-refractivity contribution in [2.75, 3.05) is 18.8 Å². The lowest BCUT2D eigenvalue weighted by Crippen LogP contribution is -2.44. The van der Waals surface area contributed by atoms with Crippen molar-refractivity contribution in [2.45, 2.75) is 50.9 Å². The maximum Gasteiger partial charge on any atom is 0.238 e. The minimum absolute atomic E-state index is 0.0237. The van der Waals surface area contributed by atoms with Crippen LogP contribution in [0.2, 0.25) is 0 Å². The number of thioether (sulfide) groups is 1. The first kappa shape index (κ1) is 19.4. The molecule has 1 aliphatic rings. The summed E-state index contributed by atoms with van der Waals surface area (Å²) in [6.07, 6.45) is -0.965. The SMILES string of the molecule is CC(=O)CNC(=O)[C@H](N)CSC1CC(O)N(CC(C)C)C1O. The highest BCUT2D eigenvalue weighted by molar-refractivity contribution is 8.00. The van der Waals surface area contributed by atoms with E-state index in [1.807, 2.05) is 13.8 Å². The summed E-state index contributed by atoms with van der Waals surface area (Å²) in [6.45, 7) is 6.03. The van der Waals surface area contributed by atoms with Crippen LogP contribution in [0.25, 0.3) is 0 Å². The molecule has 128 valence electrons. The maximum atomic E-state index is 11.7. The average molecular weight is 333 g/mol. The Hall–Kier alpha value is -0.670. The third kappa shape index (κ3) is 5.85. The van der Waals surface area contributed by atoms with Gasteiger partial charge in [0.1, 0.15) is 18.2 Å². The van der Waals surface area contributed by atoms with Gasteiger partial charge in [-0.15, -0.1) is 0 Å². The zero-order chi connectivity index (χ0) is 16.9. The third-order valence-electron chi connectivity index (χ3n) is 3.41. The van der Waals surface area contributed by atoms with Crippen LogP contribution in [-0.4, -0.2) is 69.4 Å². The molecule has 3 unspecified atom stereocenters. The van der Waals surface area contributed by atoms with E-state index in [9.17, 15) is 19.8 Å². The smallest absolute Gasteiger partial charge is 0.238 e. The molecule has 0 aliphatic carbocycles. The molecule has 1 saturated heterocycles. The molecule has 1 rings (SSSR count). The number of Topliss-reactive ketones (excluding diaryl/α,β-unsaturated/α-hetero) is 1. The number of likely N-dealkylation sites (tertiary alicyclic amines) is 1. The van der Waals surface area contributed by atoms with Crippen LogP contribution in [0.15, 0.2) is 0 Å². The van der Waals surface area contributed by atoms with Crippen LogP contribution in [0.4, 0.5) is 0 Å². The number of aliphatic hydroxyl groups is 2. The van der Waals surface area contributed by atoms with E-state index in [4.69, 9.17) is 5.73 Å². The molecule has 1 amide bonds. The van der Waals surface area contributed by atoms with E-state index in [0.29, 0.717) is 24.6 Å². The Bertz CT molecular complexity index is 394. The summed E-state index contributed by atoms with van der Waals surface area (Å²) in [4.78, 5) is 24.2. The van der Waals surface area contributed by atoms with E-state index in [1.54, 1.807) is 4.90 Å². The number of nitrogens with zero attached hydrogens (tertiary/aromatic N) is 1. The fourth-order valence-corrected chi connectivity index (χ4v) is 3.55. The second-order valence-electron chi connectivity index (χ2n) is 6.12. The fraction of sp³-hybridized carbons (Fsp3) is 0.857. The number of carbonyl (C=O) groups excluding carboxylic acids is 2. The number of nitrogens with two attached hydrogens (primary N) is 1. The first-order valence-corrected chi connectivity index (χ1v) is 8.53. The van der Waals surface area contributed by atoms with E-state index >= 15 is 0 Å². The van der Waals surface area contributed by atoms with Crippen molar-refractivity contribution in [2.24, 2.45) is 11.7 Å². The molecule has 0 radical (unpaired) electrons. The molecule has 1 heterocycles. The van der Waals surface area contributed by atoms with Crippen molar-refractivity contribution in [3.63, 3.8) is 0 Å². The van der Waals surface area contributed by atoms with Crippen molar-refractivity contribution in [1.82, 2.24) is 10.2 Å². The maximum absolute atomic E-state index is 11.7. The van der Waals surface area contributed by atoms with Gasteiger partial charge in [0.25, 0.3) is 0 Å². The summed E-state index contributed by atoms with van der Waals surface area (Å²) >= 11 is 1.37. The Morgan fingerprint density at radius 1 is 1.41 bits per heavy atom. The Morgan fingerprint density at radius 2 is 2.05 bits per heavy atom. The Labute approximate surface area is 135 Å². The highest BCUT2D eigenvalue weighted by atomic mass is 32.2. The fourth-order valence-electron chi connectivity index (χ4n) is 2.31. The lowest BCUT2D eigenvalue weighted by atomic mass is 10.2. The number of carbonyl (C=O) groups is 2. The van der Waals surface area contributed by atoms with Crippen LogP contribution >= 0.6 is 11.8 Å². The number of nitrogens with one attached hydrogen (secondary N) is 1. The second-order valence-corrected chi connectivity index (χ2v) is 7.39. The van der Waals surface area contributed by atoms with Crippen LogP contribution < -0.4 is 11.1 Å². The van der Waals surface area contributed by atoms with Gasteiger partial charge in [-0.25, -0.2) is 0 Å². The van der Waals surface area contributed by atoms with Crippen molar-refractivity contribution in [3.05, 3.63) is 0 Å². The zero-order valence-corrected chi connectivity index (χ0v) is 14.2. The van der Waals surface area contributed by atoms with Gasteiger partial charge >= 0.3 is 0 Å². The Morgan fingerprint density at radius 3 is 2.59 bits per heavy atom. The molecule has 22 heavy (non-hydrogen) atoms. The van der Waals surface area contributed by atoms with Crippen molar-refractivity contribution < 1.29 is 19.8 Å². The van der Waals surface area contributed by atoms with Gasteiger partial charge in [-0.3, -0.25) is 14.5 Å². The number of hydrogen-bond donors (Lipinski definition) is 4. The topological polar surface area (TPSA) is 116 Å². The average Bonchev–Trinajstić information content (AvgIpc) is 2.69. The molecule has 8 heteroatoms. The molecule has 7 nitrogen and oxygen atoms in total. The summed E-state index contributed by atoms with van der Waals surface area (Å²) in [5.74, 6) is 0.155. The normalized spacial score (nSPS) is 27.1. The molecule has 0 aromatic rings. The van der Waals surface area contributed by atoms with Gasteiger partial charge in [-0.05, 0) is 12.8 Å². The lowest BCUT2D eigenvalue weighted by molar-refractivity contribution is -0.125. The number of aliphatic hydroxyl groups excluding tert-OH is 2. The standard InChI is InChI=1S/C14H27N3O4S/c1-8(2)6-17-12(19)4-11(14(17)21)22-7-10(15)13(20)16-5-9(3)18/h8,10-12,14,19,21H,4-7,15H2,1-3H3,(H,16,20)/t10-,11?,12?,14?/m1/s1. The molecule has 4 atom stereocenters. The lowest BCUT2D eigenvalue weighted by Gasteiger charge is -2.26. The molecule has 0 aromatic carbocycles. The molecule has 1 aliphatic heterocycles. The first-order valence-electron chi connectivity index (χ1n) is 7.48. The molecule has 0 saturated carbocycles. The summed E-state index contributed by atoms with van der Waals surface area (Å²) in [7, 11) is 0. The van der Waals surface area contributed by atoms with Gasteiger partial charge in [-0.1, -0.05) is 13.8 Å². The zero-order valence-electron chi connectivity index (χ0n) is 13.4. The van der Waals surface area contributed by atoms with E-state index < -0.39 is 18.5 Å². The largest absolute Gasteiger partial charge is 0.378 e. The van der Waals surface area contributed by atoms with Gasteiger partial charge in [0, 0.05) is 24.0 Å². The van der Waals surface area contributed by atoms with E-state index in [2.05, 4.69) is 5.32 Å². The number of ketones is 1. The summed E-state index contributed by atoms with van der Waals surface area (Å²) in [6, 6.07) is -0.743. The first-order chi connectivity index (χ1) is 10.2. The number of hydrogen-bond acceptors (Lipinski definition) is 7. The number of amides is 1. The van der Waals surface area contributed by atoms with Crippen molar-refractivity contribution >= 4 is 23.5 Å². The van der Waals surface area contributed by atoms with Crippen LogP contribution in [0, 0.1) is 5.92 Å². The number of rotatable bonds is 8. The van der Waals surface area contributed by atoms with Gasteiger partial charge in [-0.2, -0.15) is 11.8 Å². The monoisotopic (exact) mass is 333 g/mol. The third-order valence-corrected chi connectivity index (χ3v) is 4.83. The molecule has 0 aromatic heterocycles. The summed E-state index contributed by atoms with van der Waals surface area (Å²) in [5, 5.41) is 22.5. The molecular weight excluding hydrogens is 306 g/mol. The van der Waals surface area contributed by atoms with E-state index in [-0.39, 0.29) is 23.5 Å². The van der Waals surface area contributed by atoms with Gasteiger partial charge in [0.15, 0.2) is 0 Å². The van der Waals surface area contributed by atoms with Gasteiger partial charge < -0.3 is 21.3 Å². The Kier molecular flexibility index (Phi) is 7.78. The molecule has 0 bridgehead atoms. The molecule has 5 N–H and O–H groups in total. The Balaban J connectivity index is 2.41. The van der Waals surface area contributed by atoms with E-state index in [0.717, 1.165) is 0 Å². The molecular formula is C14H27N3O4S. The van der Waals surface area contributed by atoms with Gasteiger partial charge in [0.05, 0.1) is 12.6 Å². The van der Waals surface area contributed by atoms with Gasteiger partial charge in [0.2, 0.25) is 5.91 Å². The highest BCUT2D eigenvalue weighted by Crippen LogP contribution is 2.31. The minimum Gasteiger partial charge on any atom is -0.378 e. The molecule has 1 fully saturated rings. The van der Waals surface area contributed by atoms with Crippen LogP contribution in [0.3, 0.4) is 0 Å². The van der Waals surface area contributed by atoms with Crippen molar-refractivity contribution in [3.8, 4) is 0 Å². The van der Waals surface area contributed by atoms with Crippen LogP contribution in [0.1, 0.15) is 27.2 Å². The van der Waals surface area contributed by atoms with Crippen LogP contribution in [0.5, 0.6) is 0 Å². The molecule has 0 spiro atoms. The van der Waals surface area contributed by atoms with Crippen molar-refractivity contribution in [1.29, 1.82) is 0 Å². The summed E-state index contributed by atoms with van der Waals surface area (Å²) in [5.41, 5.74) is 5.78. The second kappa shape index (κ2) is 8.83. The minimum atomic E-state index is -0.743. The van der Waals surface area contributed by atoms with E-state index in [1.165, 1.54) is 18.7 Å². The summed E-state index contributed by atoms with van der Waals surface area (Å²) < 4.78 is 0. The highest BCUT2D eigenvalue weighted by Gasteiger charge is 2.39. The van der Waals surface area contributed by atoms with Crippen LogP contribution in [-0.2, 0) is 9.59 Å². The predicted octanol–water partition coefficient (Wildman–Crippen LogP) is -0.881. The quantitative estimate of drug-likeness (QED) is 0.456. The predicted molar refractivity (Wildman–Crippen MR) is 86.1 cm³/mol.